The number of carboxylic acids is 1. The molecule has 1 amide bonds. The fourth-order valence-corrected chi connectivity index (χ4v) is 4.00. The van der Waals surface area contributed by atoms with Gasteiger partial charge in [0.2, 0.25) is 0 Å². The number of aromatic carboxylic acids is 1. The number of hydrogen-bond donors (Lipinski definition) is 2. The minimum atomic E-state index is -4.54. The largest absolute Gasteiger partial charge is 0.478 e. The Labute approximate surface area is 201 Å². The lowest BCUT2D eigenvalue weighted by Gasteiger charge is -2.14. The maximum Gasteiger partial charge on any atom is 0.389 e. The number of carboxylic acid groups (broad SMARTS) is 1. The molecule has 0 radical (unpaired) electrons. The molecule has 0 atom stereocenters. The number of carbonyl (C=O) groups is 2. The highest BCUT2D eigenvalue weighted by atomic mass is 19.4. The van der Waals surface area contributed by atoms with Crippen molar-refractivity contribution in [1.82, 2.24) is 5.32 Å². The zero-order chi connectivity index (χ0) is 26.2. The molecule has 0 spiro atoms. The van der Waals surface area contributed by atoms with Crippen molar-refractivity contribution in [2.24, 2.45) is 0 Å². The molecule has 36 heavy (non-hydrogen) atoms. The zero-order valence-electron chi connectivity index (χ0n) is 18.7. The quantitative estimate of drug-likeness (QED) is 0.291. The van der Waals surface area contributed by atoms with Crippen molar-refractivity contribution >= 4 is 22.8 Å². The number of alkyl halides is 3. The number of carbonyl (C=O) groups excluding carboxylic acids is 1. The first-order chi connectivity index (χ1) is 17.0. The van der Waals surface area contributed by atoms with Crippen LogP contribution >= 0.6 is 0 Å². The first-order valence-electron chi connectivity index (χ1n) is 10.7. The Kier molecular flexibility index (Phi) is 6.53. The summed E-state index contributed by atoms with van der Waals surface area (Å²) in [6.07, 6.45) is -6.43. The van der Waals surface area contributed by atoms with Gasteiger partial charge in [-0.3, -0.25) is 4.79 Å². The molecule has 1 aromatic heterocycles. The summed E-state index contributed by atoms with van der Waals surface area (Å²) in [6.45, 7) is 0. The van der Waals surface area contributed by atoms with Gasteiger partial charge in [0.15, 0.2) is 0 Å². The summed E-state index contributed by atoms with van der Waals surface area (Å²) >= 11 is 0. The van der Waals surface area contributed by atoms with Gasteiger partial charge in [0.1, 0.15) is 23.0 Å². The maximum atomic E-state index is 16.2. The van der Waals surface area contributed by atoms with Crippen molar-refractivity contribution < 1.29 is 41.1 Å². The molecule has 4 aromatic rings. The molecular formula is C26H18F5NO4. The van der Waals surface area contributed by atoms with Crippen LogP contribution in [0.5, 0.6) is 0 Å². The maximum absolute atomic E-state index is 16.2. The lowest BCUT2D eigenvalue weighted by Crippen LogP contribution is -2.18. The van der Waals surface area contributed by atoms with E-state index in [0.29, 0.717) is 0 Å². The SMILES string of the molecule is CNC(=O)c1c(-c2ccc(F)cc2)oc2cc(CCC(F)(F)F)c(-c3cccc(C(=O)O)c3)c(F)c12. The van der Waals surface area contributed by atoms with Crippen LogP contribution in [0.1, 0.15) is 32.7 Å². The van der Waals surface area contributed by atoms with Crippen LogP contribution in [-0.4, -0.2) is 30.2 Å². The number of amides is 1. The Morgan fingerprint density at radius 2 is 1.69 bits per heavy atom. The van der Waals surface area contributed by atoms with Crippen molar-refractivity contribution in [1.29, 1.82) is 0 Å². The summed E-state index contributed by atoms with van der Waals surface area (Å²) < 4.78 is 74.6. The van der Waals surface area contributed by atoms with Gasteiger partial charge in [-0.05, 0) is 60.0 Å². The summed E-state index contributed by atoms with van der Waals surface area (Å²) in [7, 11) is 1.31. The van der Waals surface area contributed by atoms with Crippen LogP contribution < -0.4 is 5.32 Å². The summed E-state index contributed by atoms with van der Waals surface area (Å²) in [5.41, 5.74) is -0.681. The molecule has 0 aliphatic rings. The van der Waals surface area contributed by atoms with Gasteiger partial charge in [-0.25, -0.2) is 13.6 Å². The molecule has 1 heterocycles. The summed E-state index contributed by atoms with van der Waals surface area (Å²) in [4.78, 5) is 24.3. The van der Waals surface area contributed by atoms with Crippen LogP contribution in [0.2, 0.25) is 0 Å². The predicted octanol–water partition coefficient (Wildman–Crippen LogP) is 6.60. The van der Waals surface area contributed by atoms with Gasteiger partial charge < -0.3 is 14.8 Å². The van der Waals surface area contributed by atoms with Gasteiger partial charge in [-0.2, -0.15) is 13.2 Å². The minimum Gasteiger partial charge on any atom is -0.478 e. The molecule has 0 aliphatic carbocycles. The second kappa shape index (κ2) is 9.44. The van der Waals surface area contributed by atoms with Gasteiger partial charge >= 0.3 is 12.1 Å². The van der Waals surface area contributed by atoms with Crippen molar-refractivity contribution in [2.75, 3.05) is 7.05 Å². The number of furan rings is 1. The minimum absolute atomic E-state index is 0.0267. The second-order valence-corrected chi connectivity index (χ2v) is 7.99. The third-order valence-electron chi connectivity index (χ3n) is 5.64. The highest BCUT2D eigenvalue weighted by molar-refractivity contribution is 6.12. The van der Waals surface area contributed by atoms with Crippen molar-refractivity contribution in [3.8, 4) is 22.5 Å². The number of benzene rings is 3. The van der Waals surface area contributed by atoms with E-state index in [0.717, 1.165) is 18.2 Å². The lowest BCUT2D eigenvalue weighted by atomic mass is 9.92. The molecule has 10 heteroatoms. The van der Waals surface area contributed by atoms with Gasteiger partial charge in [0.05, 0.1) is 16.5 Å². The molecule has 186 valence electrons. The first kappa shape index (κ1) is 24.9. The van der Waals surface area contributed by atoms with Crippen LogP contribution in [0, 0.1) is 11.6 Å². The third kappa shape index (κ3) is 4.79. The monoisotopic (exact) mass is 503 g/mol. The van der Waals surface area contributed by atoms with E-state index in [1.165, 1.54) is 43.4 Å². The third-order valence-corrected chi connectivity index (χ3v) is 5.64. The van der Waals surface area contributed by atoms with E-state index < -0.39 is 42.5 Å². The number of aryl methyl sites for hydroxylation is 1. The van der Waals surface area contributed by atoms with E-state index in [1.807, 2.05) is 0 Å². The van der Waals surface area contributed by atoms with E-state index in [9.17, 15) is 32.3 Å². The number of nitrogens with one attached hydrogen (secondary N) is 1. The summed E-state index contributed by atoms with van der Waals surface area (Å²) in [5.74, 6) is -3.73. The van der Waals surface area contributed by atoms with E-state index in [-0.39, 0.29) is 50.1 Å². The Balaban J connectivity index is 2.05. The van der Waals surface area contributed by atoms with E-state index in [4.69, 9.17) is 4.42 Å². The normalized spacial score (nSPS) is 11.6. The molecule has 2 N–H and O–H groups in total. The van der Waals surface area contributed by atoms with Crippen molar-refractivity contribution in [3.63, 3.8) is 0 Å². The highest BCUT2D eigenvalue weighted by Crippen LogP contribution is 2.41. The molecule has 0 unspecified atom stereocenters. The number of hydrogen-bond acceptors (Lipinski definition) is 3. The van der Waals surface area contributed by atoms with E-state index >= 15 is 4.39 Å². The zero-order valence-corrected chi connectivity index (χ0v) is 18.7. The number of rotatable bonds is 6. The Morgan fingerprint density at radius 3 is 2.31 bits per heavy atom. The van der Waals surface area contributed by atoms with Crippen LogP contribution in [0.15, 0.2) is 59.0 Å². The van der Waals surface area contributed by atoms with Crippen molar-refractivity contribution in [3.05, 3.63) is 82.9 Å². The van der Waals surface area contributed by atoms with Crippen LogP contribution in [0.4, 0.5) is 22.0 Å². The summed E-state index contributed by atoms with van der Waals surface area (Å²) in [5, 5.41) is 11.4. The molecule has 4 rings (SSSR count). The molecule has 0 fully saturated rings. The van der Waals surface area contributed by atoms with E-state index in [2.05, 4.69) is 5.32 Å². The molecular weight excluding hydrogens is 485 g/mol. The smallest absolute Gasteiger partial charge is 0.389 e. The van der Waals surface area contributed by atoms with Gasteiger partial charge in [-0.15, -0.1) is 0 Å². The fraction of sp³-hybridized carbons (Fsp3) is 0.154. The summed E-state index contributed by atoms with van der Waals surface area (Å²) in [6, 6.07) is 11.2. The second-order valence-electron chi connectivity index (χ2n) is 7.99. The molecule has 3 aromatic carbocycles. The number of fused-ring (bicyclic) bond motifs is 1. The van der Waals surface area contributed by atoms with Crippen LogP contribution in [0.3, 0.4) is 0 Å². The predicted molar refractivity (Wildman–Crippen MR) is 122 cm³/mol. The molecule has 0 aliphatic heterocycles. The molecule has 0 saturated carbocycles. The van der Waals surface area contributed by atoms with Crippen molar-refractivity contribution in [2.45, 2.75) is 19.0 Å². The Hall–Kier alpha value is -4.21. The van der Waals surface area contributed by atoms with Crippen LogP contribution in [0.25, 0.3) is 33.4 Å². The van der Waals surface area contributed by atoms with Gasteiger partial charge in [0, 0.05) is 24.6 Å². The first-order valence-corrected chi connectivity index (χ1v) is 10.7. The highest BCUT2D eigenvalue weighted by Gasteiger charge is 2.31. The average molecular weight is 503 g/mol. The van der Waals surface area contributed by atoms with Crippen LogP contribution in [-0.2, 0) is 6.42 Å². The molecule has 0 bridgehead atoms. The lowest BCUT2D eigenvalue weighted by molar-refractivity contribution is -0.133. The van der Waals surface area contributed by atoms with E-state index in [1.54, 1.807) is 0 Å². The topological polar surface area (TPSA) is 79.5 Å². The average Bonchev–Trinajstić information content (AvgIpc) is 3.22. The Bertz CT molecular complexity index is 1470. The number of halogens is 5. The molecule has 5 nitrogen and oxygen atoms in total. The Morgan fingerprint density at radius 1 is 1.00 bits per heavy atom. The molecule has 0 saturated heterocycles. The van der Waals surface area contributed by atoms with Gasteiger partial charge in [0.25, 0.3) is 5.91 Å². The van der Waals surface area contributed by atoms with Gasteiger partial charge in [-0.1, -0.05) is 12.1 Å². The fourth-order valence-electron chi connectivity index (χ4n) is 4.00. The standard InChI is InChI=1S/C26H18F5NO4/c1-32-24(33)21-20-18(36-23(21)13-5-7-17(27)8-6-13)12-15(9-10-26(29,30)31)19(22(20)28)14-3-2-4-16(11-14)25(34)35/h2-8,11-12H,9-10H2,1H3,(H,32,33)(H,34,35).